The van der Waals surface area contributed by atoms with E-state index in [0.717, 1.165) is 29.9 Å². The maximum absolute atomic E-state index is 6.24. The summed E-state index contributed by atoms with van der Waals surface area (Å²) in [4.78, 5) is 0. The second-order valence-electron chi connectivity index (χ2n) is 5.06. The topological polar surface area (TPSA) is 53.1 Å². The van der Waals surface area contributed by atoms with Crippen molar-refractivity contribution in [2.75, 3.05) is 0 Å². The number of aryl methyl sites for hydroxylation is 2. The first-order valence-corrected chi connectivity index (χ1v) is 7.66. The van der Waals surface area contributed by atoms with Crippen molar-refractivity contribution in [2.45, 2.75) is 46.4 Å². The van der Waals surface area contributed by atoms with Crippen molar-refractivity contribution in [3.05, 3.63) is 46.2 Å². The Morgan fingerprint density at radius 2 is 2.10 bits per heavy atom. The number of nitrogens with two attached hydrogens (primary N) is 1. The van der Waals surface area contributed by atoms with Crippen LogP contribution in [0.15, 0.2) is 24.3 Å². The highest BCUT2D eigenvalue weighted by Crippen LogP contribution is 2.28. The molecule has 1 unspecified atom stereocenters. The first kappa shape index (κ1) is 15.9. The van der Waals surface area contributed by atoms with E-state index in [1.807, 2.05) is 29.8 Å². The van der Waals surface area contributed by atoms with E-state index in [-0.39, 0.29) is 6.04 Å². The van der Waals surface area contributed by atoms with Crippen LogP contribution in [0.1, 0.15) is 43.8 Å². The predicted octanol–water partition coefficient (Wildman–Crippen LogP) is 3.72. The summed E-state index contributed by atoms with van der Waals surface area (Å²) in [6, 6.07) is 7.71. The zero-order valence-electron chi connectivity index (χ0n) is 12.8. The van der Waals surface area contributed by atoms with Crippen LogP contribution in [0.25, 0.3) is 0 Å². The Balaban J connectivity index is 2.11. The van der Waals surface area contributed by atoms with E-state index in [1.54, 1.807) is 0 Å². The van der Waals surface area contributed by atoms with Crippen molar-refractivity contribution in [1.29, 1.82) is 0 Å². The van der Waals surface area contributed by atoms with Gasteiger partial charge in [-0.15, -0.1) is 0 Å². The molecule has 1 aromatic carbocycles. The summed E-state index contributed by atoms with van der Waals surface area (Å²) in [7, 11) is 0. The molecule has 0 radical (unpaired) electrons. The first-order valence-electron chi connectivity index (χ1n) is 7.28. The van der Waals surface area contributed by atoms with Gasteiger partial charge in [-0.1, -0.05) is 24.6 Å². The van der Waals surface area contributed by atoms with Crippen LogP contribution >= 0.6 is 11.6 Å². The lowest BCUT2D eigenvalue weighted by Crippen LogP contribution is -2.07. The van der Waals surface area contributed by atoms with Gasteiger partial charge in [-0.05, 0) is 44.0 Å². The minimum atomic E-state index is -0.0369. The molecule has 1 aromatic heterocycles. The van der Waals surface area contributed by atoms with Crippen molar-refractivity contribution in [2.24, 2.45) is 5.73 Å². The largest absolute Gasteiger partial charge is 0.486 e. The van der Waals surface area contributed by atoms with E-state index < -0.39 is 0 Å². The lowest BCUT2D eigenvalue weighted by Gasteiger charge is -2.11. The first-order chi connectivity index (χ1) is 10.0. The molecule has 0 aliphatic rings. The fraction of sp³-hybridized carbons (Fsp3) is 0.438. The number of nitrogens with zero attached hydrogens (tertiary/aromatic N) is 2. The van der Waals surface area contributed by atoms with Gasteiger partial charge in [0.2, 0.25) is 0 Å². The molecular formula is C16H22ClN3O. The molecular weight excluding hydrogens is 286 g/mol. The minimum absolute atomic E-state index is 0.0369. The summed E-state index contributed by atoms with van der Waals surface area (Å²) in [6.45, 7) is 7.38. The van der Waals surface area contributed by atoms with E-state index in [1.165, 1.54) is 0 Å². The Kier molecular flexibility index (Phi) is 5.26. The zero-order valence-corrected chi connectivity index (χ0v) is 13.5. The number of benzene rings is 1. The summed E-state index contributed by atoms with van der Waals surface area (Å²) < 4.78 is 7.79. The monoisotopic (exact) mass is 307 g/mol. The molecule has 0 amide bonds. The molecule has 0 aliphatic heterocycles. The molecule has 4 nitrogen and oxygen atoms in total. The maximum atomic E-state index is 6.24. The number of ether oxygens (including phenoxy) is 1. The average Bonchev–Trinajstić information content (AvgIpc) is 2.88. The zero-order chi connectivity index (χ0) is 15.4. The standard InChI is InChI=1S/C16H22ClN3O/c1-4-13-9-14(20(5-2)19-13)10-21-16-7-6-12(11(3)18)8-15(16)17/h6-9,11H,4-5,10,18H2,1-3H3. The van der Waals surface area contributed by atoms with Gasteiger partial charge in [0, 0.05) is 12.6 Å². The van der Waals surface area contributed by atoms with E-state index in [0.29, 0.717) is 17.4 Å². The van der Waals surface area contributed by atoms with E-state index >= 15 is 0 Å². The predicted molar refractivity (Wildman–Crippen MR) is 85.7 cm³/mol. The normalized spacial score (nSPS) is 12.4. The van der Waals surface area contributed by atoms with Crippen molar-refractivity contribution in [3.63, 3.8) is 0 Å². The molecule has 21 heavy (non-hydrogen) atoms. The van der Waals surface area contributed by atoms with Crippen LogP contribution in [0.3, 0.4) is 0 Å². The molecule has 114 valence electrons. The smallest absolute Gasteiger partial charge is 0.138 e. The highest BCUT2D eigenvalue weighted by Gasteiger charge is 2.09. The van der Waals surface area contributed by atoms with Crippen molar-refractivity contribution in [1.82, 2.24) is 9.78 Å². The molecule has 0 saturated heterocycles. The number of hydrogen-bond donors (Lipinski definition) is 1. The van der Waals surface area contributed by atoms with Gasteiger partial charge < -0.3 is 10.5 Å². The Hall–Kier alpha value is -1.52. The number of hydrogen-bond acceptors (Lipinski definition) is 3. The summed E-state index contributed by atoms with van der Waals surface area (Å²) in [6.07, 6.45) is 0.920. The van der Waals surface area contributed by atoms with E-state index in [9.17, 15) is 0 Å². The summed E-state index contributed by atoms with van der Waals surface area (Å²) in [5.74, 6) is 0.669. The van der Waals surface area contributed by atoms with Crippen LogP contribution < -0.4 is 10.5 Å². The lowest BCUT2D eigenvalue weighted by atomic mass is 10.1. The van der Waals surface area contributed by atoms with E-state index in [2.05, 4.69) is 25.0 Å². The lowest BCUT2D eigenvalue weighted by molar-refractivity contribution is 0.292. The molecule has 0 bridgehead atoms. The molecule has 0 fully saturated rings. The van der Waals surface area contributed by atoms with Crippen molar-refractivity contribution < 1.29 is 4.74 Å². The van der Waals surface area contributed by atoms with Gasteiger partial charge in [-0.2, -0.15) is 5.10 Å². The van der Waals surface area contributed by atoms with Crippen LogP contribution in [0.4, 0.5) is 0 Å². The fourth-order valence-corrected chi connectivity index (χ4v) is 2.39. The Morgan fingerprint density at radius 1 is 1.33 bits per heavy atom. The molecule has 0 spiro atoms. The number of aromatic nitrogens is 2. The van der Waals surface area contributed by atoms with Gasteiger partial charge >= 0.3 is 0 Å². The molecule has 0 saturated carbocycles. The molecule has 2 aromatic rings. The summed E-state index contributed by atoms with van der Waals surface area (Å²) >= 11 is 6.24. The highest BCUT2D eigenvalue weighted by atomic mass is 35.5. The van der Waals surface area contributed by atoms with Crippen molar-refractivity contribution >= 4 is 11.6 Å². The fourth-order valence-electron chi connectivity index (χ4n) is 2.15. The average molecular weight is 308 g/mol. The van der Waals surface area contributed by atoms with Crippen LogP contribution in [-0.2, 0) is 19.6 Å². The van der Waals surface area contributed by atoms with Crippen LogP contribution in [0, 0.1) is 0 Å². The van der Waals surface area contributed by atoms with Gasteiger partial charge in [-0.25, -0.2) is 0 Å². The van der Waals surface area contributed by atoms with Crippen LogP contribution in [-0.4, -0.2) is 9.78 Å². The van der Waals surface area contributed by atoms with Gasteiger partial charge in [0.05, 0.1) is 16.4 Å². The summed E-state index contributed by atoms with van der Waals surface area (Å²) in [5, 5.41) is 5.09. The third-order valence-electron chi connectivity index (χ3n) is 3.43. The third-order valence-corrected chi connectivity index (χ3v) is 3.73. The molecule has 5 heteroatoms. The Bertz CT molecular complexity index is 608. The maximum Gasteiger partial charge on any atom is 0.138 e. The van der Waals surface area contributed by atoms with Crippen molar-refractivity contribution in [3.8, 4) is 5.75 Å². The number of rotatable bonds is 6. The molecule has 2 rings (SSSR count). The minimum Gasteiger partial charge on any atom is -0.486 e. The quantitative estimate of drug-likeness (QED) is 0.885. The molecule has 1 atom stereocenters. The van der Waals surface area contributed by atoms with Crippen LogP contribution in [0.5, 0.6) is 5.75 Å². The SMILES string of the molecule is CCc1cc(COc2ccc(C(C)N)cc2Cl)n(CC)n1. The Labute approximate surface area is 130 Å². The third kappa shape index (κ3) is 3.77. The van der Waals surface area contributed by atoms with Gasteiger partial charge in [-0.3, -0.25) is 4.68 Å². The second-order valence-corrected chi connectivity index (χ2v) is 5.47. The van der Waals surface area contributed by atoms with Crippen LogP contribution in [0.2, 0.25) is 5.02 Å². The molecule has 1 heterocycles. The van der Waals surface area contributed by atoms with Gasteiger partial charge in [0.1, 0.15) is 12.4 Å². The molecule has 0 aliphatic carbocycles. The number of halogens is 1. The summed E-state index contributed by atoms with van der Waals surface area (Å²) in [5.41, 5.74) is 8.98. The second kappa shape index (κ2) is 6.96. The molecule has 2 N–H and O–H groups in total. The van der Waals surface area contributed by atoms with Gasteiger partial charge in [0.15, 0.2) is 0 Å². The van der Waals surface area contributed by atoms with Gasteiger partial charge in [0.25, 0.3) is 0 Å². The highest BCUT2D eigenvalue weighted by molar-refractivity contribution is 6.32. The Morgan fingerprint density at radius 3 is 2.67 bits per heavy atom. The van der Waals surface area contributed by atoms with E-state index in [4.69, 9.17) is 22.1 Å².